The van der Waals surface area contributed by atoms with E-state index in [1.54, 1.807) is 0 Å². The standard InChI is InChI=1S/C29H32N2O2/c1-2-3-4-11-19-30-29(32)27-20-25-26(31(27)21-23-13-7-5-8-14-23)17-12-18-28(25)33-22-24-15-9-6-10-16-24/h5-10,12-18,20H,2-4,11,19,21-22H2,1H3,(H,30,32). The molecule has 0 bridgehead atoms. The number of nitrogens with zero attached hydrogens (tertiary/aromatic N) is 1. The van der Waals surface area contributed by atoms with E-state index in [1.807, 2.05) is 54.6 Å². The highest BCUT2D eigenvalue weighted by atomic mass is 16.5. The van der Waals surface area contributed by atoms with Gasteiger partial charge in [-0.3, -0.25) is 4.79 Å². The lowest BCUT2D eigenvalue weighted by molar-refractivity contribution is 0.0944. The van der Waals surface area contributed by atoms with Crippen LogP contribution in [0.1, 0.15) is 54.2 Å². The van der Waals surface area contributed by atoms with Crippen molar-refractivity contribution in [2.24, 2.45) is 0 Å². The zero-order valence-electron chi connectivity index (χ0n) is 19.3. The molecule has 0 unspecified atom stereocenters. The largest absolute Gasteiger partial charge is 0.488 e. The fourth-order valence-electron chi connectivity index (χ4n) is 4.09. The number of fused-ring (bicyclic) bond motifs is 1. The number of ether oxygens (including phenoxy) is 1. The van der Waals surface area contributed by atoms with Gasteiger partial charge in [0, 0.05) is 18.5 Å². The molecular weight excluding hydrogens is 408 g/mol. The summed E-state index contributed by atoms with van der Waals surface area (Å²) in [5.74, 6) is 0.757. The molecule has 0 saturated carbocycles. The lowest BCUT2D eigenvalue weighted by Gasteiger charge is -2.12. The molecular formula is C29H32N2O2. The Bertz CT molecular complexity index is 1170. The van der Waals surface area contributed by atoms with Crippen LogP contribution < -0.4 is 10.1 Å². The van der Waals surface area contributed by atoms with E-state index >= 15 is 0 Å². The topological polar surface area (TPSA) is 43.3 Å². The first-order chi connectivity index (χ1) is 16.3. The molecule has 1 amide bonds. The Hall–Kier alpha value is -3.53. The zero-order valence-corrected chi connectivity index (χ0v) is 19.3. The van der Waals surface area contributed by atoms with Crippen LogP contribution in [0.5, 0.6) is 5.75 Å². The van der Waals surface area contributed by atoms with Gasteiger partial charge in [0.15, 0.2) is 0 Å². The third-order valence-corrected chi connectivity index (χ3v) is 5.87. The molecule has 0 aliphatic heterocycles. The molecule has 4 aromatic rings. The summed E-state index contributed by atoms with van der Waals surface area (Å²) in [6.07, 6.45) is 4.53. The Balaban J connectivity index is 1.62. The number of rotatable bonds is 11. The number of aromatic nitrogens is 1. The highest BCUT2D eigenvalue weighted by Crippen LogP contribution is 2.30. The van der Waals surface area contributed by atoms with Crippen molar-refractivity contribution >= 4 is 16.8 Å². The number of benzene rings is 3. The summed E-state index contributed by atoms with van der Waals surface area (Å²) in [7, 11) is 0. The van der Waals surface area contributed by atoms with Gasteiger partial charge in [0.05, 0.1) is 5.52 Å². The zero-order chi connectivity index (χ0) is 22.9. The van der Waals surface area contributed by atoms with Crippen LogP contribution in [-0.2, 0) is 13.2 Å². The first kappa shape index (κ1) is 22.7. The van der Waals surface area contributed by atoms with Gasteiger partial charge >= 0.3 is 0 Å². The Labute approximate surface area is 196 Å². The van der Waals surface area contributed by atoms with Crippen molar-refractivity contribution in [3.63, 3.8) is 0 Å². The fraction of sp³-hybridized carbons (Fsp3) is 0.276. The molecule has 0 saturated heterocycles. The molecule has 1 N–H and O–H groups in total. The molecule has 3 aromatic carbocycles. The van der Waals surface area contributed by atoms with E-state index in [2.05, 4.69) is 47.1 Å². The minimum Gasteiger partial charge on any atom is -0.488 e. The highest BCUT2D eigenvalue weighted by molar-refractivity contribution is 6.00. The molecule has 0 aliphatic carbocycles. The number of carbonyl (C=O) groups excluding carboxylic acids is 1. The van der Waals surface area contributed by atoms with Crippen LogP contribution in [0.3, 0.4) is 0 Å². The number of hydrogen-bond donors (Lipinski definition) is 1. The predicted octanol–water partition coefficient (Wildman–Crippen LogP) is 6.58. The summed E-state index contributed by atoms with van der Waals surface area (Å²) < 4.78 is 8.28. The van der Waals surface area contributed by atoms with E-state index in [1.165, 1.54) is 12.8 Å². The van der Waals surface area contributed by atoms with E-state index in [-0.39, 0.29) is 5.91 Å². The number of nitrogens with one attached hydrogen (secondary N) is 1. The monoisotopic (exact) mass is 440 g/mol. The quantitative estimate of drug-likeness (QED) is 0.268. The average Bonchev–Trinajstić information content (AvgIpc) is 3.23. The first-order valence-corrected chi connectivity index (χ1v) is 11.9. The second-order valence-corrected chi connectivity index (χ2v) is 8.38. The minimum absolute atomic E-state index is 0.0346. The molecule has 4 nitrogen and oxygen atoms in total. The van der Waals surface area contributed by atoms with E-state index < -0.39 is 0 Å². The van der Waals surface area contributed by atoms with Gasteiger partial charge in [-0.1, -0.05) is 92.9 Å². The summed E-state index contributed by atoms with van der Waals surface area (Å²) in [5, 5.41) is 4.08. The third kappa shape index (κ3) is 5.83. The molecule has 0 atom stereocenters. The first-order valence-electron chi connectivity index (χ1n) is 11.9. The molecule has 1 heterocycles. The van der Waals surface area contributed by atoms with Crippen LogP contribution in [-0.4, -0.2) is 17.0 Å². The van der Waals surface area contributed by atoms with Gasteiger partial charge in [-0.25, -0.2) is 0 Å². The lowest BCUT2D eigenvalue weighted by atomic mass is 10.2. The van der Waals surface area contributed by atoms with Gasteiger partial charge in [-0.2, -0.15) is 0 Å². The van der Waals surface area contributed by atoms with Gasteiger partial charge in [0.2, 0.25) is 0 Å². The van der Waals surface area contributed by atoms with Crippen molar-refractivity contribution in [3.05, 3.63) is 102 Å². The second-order valence-electron chi connectivity index (χ2n) is 8.38. The Morgan fingerprint density at radius 3 is 2.30 bits per heavy atom. The van der Waals surface area contributed by atoms with E-state index in [4.69, 9.17) is 4.74 Å². The van der Waals surface area contributed by atoms with Gasteiger partial charge < -0.3 is 14.6 Å². The summed E-state index contributed by atoms with van der Waals surface area (Å²) in [5.41, 5.74) is 3.94. The van der Waals surface area contributed by atoms with Gasteiger partial charge in [-0.15, -0.1) is 0 Å². The maximum Gasteiger partial charge on any atom is 0.267 e. The van der Waals surface area contributed by atoms with Crippen LogP contribution in [0.2, 0.25) is 0 Å². The fourth-order valence-corrected chi connectivity index (χ4v) is 4.09. The third-order valence-electron chi connectivity index (χ3n) is 5.87. The minimum atomic E-state index is -0.0346. The normalized spacial score (nSPS) is 10.9. The van der Waals surface area contributed by atoms with Crippen molar-refractivity contribution in [3.8, 4) is 5.75 Å². The van der Waals surface area contributed by atoms with Crippen molar-refractivity contribution in [2.45, 2.75) is 45.8 Å². The number of carbonyl (C=O) groups is 1. The van der Waals surface area contributed by atoms with Gasteiger partial charge in [0.25, 0.3) is 5.91 Å². The molecule has 0 spiro atoms. The maximum absolute atomic E-state index is 13.2. The molecule has 33 heavy (non-hydrogen) atoms. The Kier molecular flexibility index (Phi) is 7.81. The predicted molar refractivity (Wildman–Crippen MR) is 135 cm³/mol. The lowest BCUT2D eigenvalue weighted by Crippen LogP contribution is -2.27. The molecule has 0 aliphatic rings. The Morgan fingerprint density at radius 2 is 1.58 bits per heavy atom. The van der Waals surface area contributed by atoms with E-state index in [0.29, 0.717) is 25.4 Å². The highest BCUT2D eigenvalue weighted by Gasteiger charge is 2.18. The molecule has 1 aromatic heterocycles. The van der Waals surface area contributed by atoms with Crippen molar-refractivity contribution in [1.82, 2.24) is 9.88 Å². The summed E-state index contributed by atoms with van der Waals surface area (Å²) in [4.78, 5) is 13.2. The average molecular weight is 441 g/mol. The second kappa shape index (κ2) is 11.4. The van der Waals surface area contributed by atoms with Crippen LogP contribution in [0, 0.1) is 0 Å². The van der Waals surface area contributed by atoms with Crippen LogP contribution in [0.4, 0.5) is 0 Å². The molecule has 4 heteroatoms. The summed E-state index contributed by atoms with van der Waals surface area (Å²) in [6.45, 7) is 4.01. The summed E-state index contributed by atoms with van der Waals surface area (Å²) >= 11 is 0. The maximum atomic E-state index is 13.2. The molecule has 4 rings (SSSR count). The van der Waals surface area contributed by atoms with E-state index in [0.717, 1.165) is 40.6 Å². The van der Waals surface area contributed by atoms with Crippen molar-refractivity contribution in [1.29, 1.82) is 0 Å². The molecule has 0 fully saturated rings. The number of hydrogen-bond acceptors (Lipinski definition) is 2. The van der Waals surface area contributed by atoms with Crippen LogP contribution in [0.25, 0.3) is 10.9 Å². The smallest absolute Gasteiger partial charge is 0.267 e. The Morgan fingerprint density at radius 1 is 0.848 bits per heavy atom. The number of unbranched alkanes of at least 4 members (excludes halogenated alkanes) is 3. The SMILES string of the molecule is CCCCCCNC(=O)c1cc2c(OCc3ccccc3)cccc2n1Cc1ccccc1. The number of amides is 1. The molecule has 170 valence electrons. The summed E-state index contributed by atoms with van der Waals surface area (Å²) in [6, 6.07) is 28.4. The van der Waals surface area contributed by atoms with Crippen LogP contribution in [0.15, 0.2) is 84.9 Å². The van der Waals surface area contributed by atoms with Crippen molar-refractivity contribution in [2.75, 3.05) is 6.54 Å². The van der Waals surface area contributed by atoms with E-state index in [9.17, 15) is 4.79 Å². The molecule has 0 radical (unpaired) electrons. The van der Waals surface area contributed by atoms with Gasteiger partial charge in [0.1, 0.15) is 18.1 Å². The van der Waals surface area contributed by atoms with Gasteiger partial charge in [-0.05, 0) is 35.7 Å². The van der Waals surface area contributed by atoms with Crippen molar-refractivity contribution < 1.29 is 9.53 Å². The van der Waals surface area contributed by atoms with Crippen LogP contribution >= 0.6 is 0 Å².